The molecule has 0 atom stereocenters. The van der Waals surface area contributed by atoms with Gasteiger partial charge in [-0.1, -0.05) is 17.7 Å². The number of anilines is 1. The van der Waals surface area contributed by atoms with Crippen molar-refractivity contribution < 1.29 is 9.53 Å². The quantitative estimate of drug-likeness (QED) is 0.440. The predicted molar refractivity (Wildman–Crippen MR) is 82.9 cm³/mol. The van der Waals surface area contributed by atoms with Gasteiger partial charge in [-0.3, -0.25) is 4.79 Å². The third kappa shape index (κ3) is 6.80. The van der Waals surface area contributed by atoms with Crippen molar-refractivity contribution >= 4 is 23.2 Å². The molecule has 21 heavy (non-hydrogen) atoms. The fourth-order valence-corrected chi connectivity index (χ4v) is 1.69. The van der Waals surface area contributed by atoms with E-state index >= 15 is 0 Å². The van der Waals surface area contributed by atoms with Crippen LogP contribution in [-0.2, 0) is 9.53 Å². The summed E-state index contributed by atoms with van der Waals surface area (Å²) in [5, 5.41) is 15.1. The molecule has 0 aromatic heterocycles. The molecule has 112 valence electrons. The van der Waals surface area contributed by atoms with E-state index in [2.05, 4.69) is 10.6 Å². The molecule has 5 nitrogen and oxygen atoms in total. The highest BCUT2D eigenvalue weighted by molar-refractivity contribution is 6.30. The van der Waals surface area contributed by atoms with E-state index in [4.69, 9.17) is 21.6 Å². The van der Waals surface area contributed by atoms with E-state index in [9.17, 15) is 4.79 Å². The van der Waals surface area contributed by atoms with Crippen LogP contribution in [0.25, 0.3) is 0 Å². The molecule has 0 aliphatic heterocycles. The van der Waals surface area contributed by atoms with E-state index in [0.717, 1.165) is 0 Å². The smallest absolute Gasteiger partial charge is 0.263 e. The summed E-state index contributed by atoms with van der Waals surface area (Å²) in [6, 6.07) is 8.87. The van der Waals surface area contributed by atoms with Crippen molar-refractivity contribution in [2.24, 2.45) is 0 Å². The Morgan fingerprint density at radius 3 is 3.00 bits per heavy atom. The zero-order valence-corrected chi connectivity index (χ0v) is 12.6. The molecule has 0 spiro atoms. The Labute approximate surface area is 129 Å². The highest BCUT2D eigenvalue weighted by atomic mass is 35.5. The Morgan fingerprint density at radius 2 is 2.33 bits per heavy atom. The standard InChI is InChI=1S/C15H18ClN3O2/c1-2-21-8-4-7-18-15(20)12(10-17)11-19-14-6-3-5-13(16)9-14/h3,5-6,9,11,19H,2,4,7-8H2,1H3,(H,18,20)/b12-11-. The summed E-state index contributed by atoms with van der Waals surface area (Å²) >= 11 is 5.85. The zero-order chi connectivity index (χ0) is 15.5. The van der Waals surface area contributed by atoms with Crippen LogP contribution in [0.4, 0.5) is 5.69 Å². The predicted octanol–water partition coefficient (Wildman–Crippen LogP) is 2.70. The van der Waals surface area contributed by atoms with Crippen LogP contribution < -0.4 is 10.6 Å². The summed E-state index contributed by atoms with van der Waals surface area (Å²) in [7, 11) is 0. The van der Waals surface area contributed by atoms with Crippen LogP contribution in [-0.4, -0.2) is 25.7 Å². The number of nitrogens with zero attached hydrogens (tertiary/aromatic N) is 1. The molecule has 1 rings (SSSR count). The number of hydrogen-bond donors (Lipinski definition) is 2. The molecule has 0 radical (unpaired) electrons. The van der Waals surface area contributed by atoms with E-state index in [1.165, 1.54) is 6.20 Å². The Hall–Kier alpha value is -2.03. The second-order valence-electron chi connectivity index (χ2n) is 4.13. The molecule has 0 aliphatic rings. The van der Waals surface area contributed by atoms with Crippen LogP contribution >= 0.6 is 11.6 Å². The van der Waals surface area contributed by atoms with Gasteiger partial charge in [0.25, 0.3) is 5.91 Å². The lowest BCUT2D eigenvalue weighted by Crippen LogP contribution is -2.26. The van der Waals surface area contributed by atoms with Crippen LogP contribution in [0.2, 0.25) is 5.02 Å². The highest BCUT2D eigenvalue weighted by Crippen LogP contribution is 2.15. The Balaban J connectivity index is 2.47. The van der Waals surface area contributed by atoms with Crippen molar-refractivity contribution in [3.05, 3.63) is 41.1 Å². The number of halogens is 1. The van der Waals surface area contributed by atoms with Gasteiger partial charge in [0.05, 0.1) is 0 Å². The van der Waals surface area contributed by atoms with Crippen LogP contribution in [0.1, 0.15) is 13.3 Å². The summed E-state index contributed by atoms with van der Waals surface area (Å²) in [6.45, 7) is 3.62. The van der Waals surface area contributed by atoms with Gasteiger partial charge < -0.3 is 15.4 Å². The third-order valence-corrected chi connectivity index (χ3v) is 2.76. The average molecular weight is 308 g/mol. The lowest BCUT2D eigenvalue weighted by Gasteiger charge is -2.05. The van der Waals surface area contributed by atoms with Gasteiger partial charge in [0.2, 0.25) is 0 Å². The molecule has 0 aliphatic carbocycles. The summed E-state index contributed by atoms with van der Waals surface area (Å²) in [4.78, 5) is 11.8. The first kappa shape index (κ1) is 17.0. The summed E-state index contributed by atoms with van der Waals surface area (Å²) < 4.78 is 5.16. The minimum absolute atomic E-state index is 0.00591. The number of nitriles is 1. The largest absolute Gasteiger partial charge is 0.382 e. The van der Waals surface area contributed by atoms with Gasteiger partial charge >= 0.3 is 0 Å². The fourth-order valence-electron chi connectivity index (χ4n) is 1.50. The summed E-state index contributed by atoms with van der Waals surface area (Å²) in [5.41, 5.74) is 0.714. The molecule has 0 saturated heterocycles. The number of ether oxygens (including phenoxy) is 1. The summed E-state index contributed by atoms with van der Waals surface area (Å²) in [6.07, 6.45) is 2.07. The first-order valence-electron chi connectivity index (χ1n) is 6.65. The van der Waals surface area contributed by atoms with Gasteiger partial charge in [0.1, 0.15) is 11.6 Å². The molecule has 0 saturated carbocycles. The minimum atomic E-state index is -0.413. The minimum Gasteiger partial charge on any atom is -0.382 e. The number of rotatable bonds is 8. The second-order valence-corrected chi connectivity index (χ2v) is 4.57. The lowest BCUT2D eigenvalue weighted by molar-refractivity contribution is -0.117. The van der Waals surface area contributed by atoms with Gasteiger partial charge in [-0.05, 0) is 31.5 Å². The molecule has 6 heteroatoms. The molecule has 2 N–H and O–H groups in total. The highest BCUT2D eigenvalue weighted by Gasteiger charge is 2.07. The van der Waals surface area contributed by atoms with E-state index < -0.39 is 5.91 Å². The normalized spacial score (nSPS) is 10.8. The van der Waals surface area contributed by atoms with Crippen molar-refractivity contribution in [3.8, 4) is 6.07 Å². The van der Waals surface area contributed by atoms with Crippen molar-refractivity contribution in [2.45, 2.75) is 13.3 Å². The molecule has 0 unspecified atom stereocenters. The first-order chi connectivity index (χ1) is 10.2. The molecule has 1 aromatic rings. The van der Waals surface area contributed by atoms with Gasteiger partial charge in [-0.25, -0.2) is 0 Å². The van der Waals surface area contributed by atoms with Crippen LogP contribution in [0, 0.1) is 11.3 Å². The van der Waals surface area contributed by atoms with E-state index in [1.54, 1.807) is 24.3 Å². The van der Waals surface area contributed by atoms with E-state index in [0.29, 0.717) is 36.9 Å². The van der Waals surface area contributed by atoms with Gasteiger partial charge in [0, 0.05) is 36.7 Å². The SMILES string of the molecule is CCOCCCNC(=O)/C(C#N)=C\Nc1cccc(Cl)c1. The van der Waals surface area contributed by atoms with Crippen molar-refractivity contribution in [3.63, 3.8) is 0 Å². The third-order valence-electron chi connectivity index (χ3n) is 2.53. The molecular weight excluding hydrogens is 290 g/mol. The molecular formula is C15H18ClN3O2. The number of nitrogens with one attached hydrogen (secondary N) is 2. The molecule has 1 aromatic carbocycles. The Bertz CT molecular complexity index is 538. The average Bonchev–Trinajstić information content (AvgIpc) is 2.48. The van der Waals surface area contributed by atoms with Gasteiger partial charge in [-0.15, -0.1) is 0 Å². The topological polar surface area (TPSA) is 74.1 Å². The fraction of sp³-hybridized carbons (Fsp3) is 0.333. The van der Waals surface area contributed by atoms with Crippen LogP contribution in [0.5, 0.6) is 0 Å². The van der Waals surface area contributed by atoms with Crippen LogP contribution in [0.15, 0.2) is 36.0 Å². The van der Waals surface area contributed by atoms with Crippen molar-refractivity contribution in [2.75, 3.05) is 25.1 Å². The van der Waals surface area contributed by atoms with E-state index in [1.807, 2.05) is 13.0 Å². The van der Waals surface area contributed by atoms with Crippen molar-refractivity contribution in [1.29, 1.82) is 5.26 Å². The number of amides is 1. The molecule has 0 fully saturated rings. The number of benzene rings is 1. The van der Waals surface area contributed by atoms with Gasteiger partial charge in [-0.2, -0.15) is 5.26 Å². The lowest BCUT2D eigenvalue weighted by atomic mass is 10.2. The molecule has 0 bridgehead atoms. The number of carbonyl (C=O) groups is 1. The molecule has 0 heterocycles. The summed E-state index contributed by atoms with van der Waals surface area (Å²) in [5.74, 6) is -0.413. The number of carbonyl (C=O) groups excluding carboxylic acids is 1. The second kappa shape index (κ2) is 9.81. The van der Waals surface area contributed by atoms with Gasteiger partial charge in [0.15, 0.2) is 0 Å². The maximum absolute atomic E-state index is 11.8. The monoisotopic (exact) mass is 307 g/mol. The first-order valence-corrected chi connectivity index (χ1v) is 7.03. The maximum Gasteiger partial charge on any atom is 0.263 e. The number of hydrogen-bond acceptors (Lipinski definition) is 4. The Kier molecular flexibility index (Phi) is 7.95. The Morgan fingerprint density at radius 1 is 1.52 bits per heavy atom. The zero-order valence-electron chi connectivity index (χ0n) is 11.9. The molecule has 1 amide bonds. The van der Waals surface area contributed by atoms with E-state index in [-0.39, 0.29) is 5.57 Å². The maximum atomic E-state index is 11.8. The van der Waals surface area contributed by atoms with Crippen molar-refractivity contribution in [1.82, 2.24) is 5.32 Å². The van der Waals surface area contributed by atoms with Crippen LogP contribution in [0.3, 0.4) is 0 Å².